The summed E-state index contributed by atoms with van der Waals surface area (Å²) in [6.07, 6.45) is 4.41. The lowest BCUT2D eigenvalue weighted by molar-refractivity contribution is -0.0205. The number of aromatic amines is 1. The number of hydrogen-bond acceptors (Lipinski definition) is 4. The Morgan fingerprint density at radius 2 is 2.00 bits per heavy atom. The molecule has 0 aromatic carbocycles. The predicted molar refractivity (Wildman–Crippen MR) is 71.0 cm³/mol. The minimum Gasteiger partial charge on any atom is -0.389 e. The van der Waals surface area contributed by atoms with Gasteiger partial charge in [0.1, 0.15) is 0 Å². The number of rotatable bonds is 4. The van der Waals surface area contributed by atoms with Crippen LogP contribution in [0.3, 0.4) is 0 Å². The molecular weight excluding hydrogens is 266 g/mol. The number of hydrogen-bond donors (Lipinski definition) is 3. The maximum atomic E-state index is 11.9. The summed E-state index contributed by atoms with van der Waals surface area (Å²) >= 11 is 0. The second-order valence-electron chi connectivity index (χ2n) is 6.13. The first-order valence-corrected chi connectivity index (χ1v) is 7.92. The van der Waals surface area contributed by atoms with Crippen molar-refractivity contribution < 1.29 is 13.5 Å². The summed E-state index contributed by atoms with van der Waals surface area (Å²) in [6, 6.07) is 1.39. The lowest BCUT2D eigenvalue weighted by atomic mass is 9.71. The second-order valence-corrected chi connectivity index (χ2v) is 7.87. The summed E-state index contributed by atoms with van der Waals surface area (Å²) < 4.78 is 26.3. The van der Waals surface area contributed by atoms with Crippen LogP contribution in [0.25, 0.3) is 0 Å². The van der Waals surface area contributed by atoms with E-state index in [1.54, 1.807) is 0 Å². The van der Waals surface area contributed by atoms with Gasteiger partial charge in [0.05, 0.1) is 11.8 Å². The zero-order valence-corrected chi connectivity index (χ0v) is 12.1. The summed E-state index contributed by atoms with van der Waals surface area (Å²) in [5.41, 5.74) is -0.711. The molecule has 0 spiro atoms. The van der Waals surface area contributed by atoms with Crippen LogP contribution in [0.4, 0.5) is 0 Å². The third kappa shape index (κ3) is 3.55. The van der Waals surface area contributed by atoms with E-state index in [0.29, 0.717) is 12.8 Å². The molecule has 0 unspecified atom stereocenters. The van der Waals surface area contributed by atoms with Crippen molar-refractivity contribution in [3.8, 4) is 0 Å². The second kappa shape index (κ2) is 4.88. The lowest BCUT2D eigenvalue weighted by Crippen LogP contribution is -2.46. The first kappa shape index (κ1) is 14.5. The highest BCUT2D eigenvalue weighted by atomic mass is 32.2. The van der Waals surface area contributed by atoms with Crippen LogP contribution < -0.4 is 4.72 Å². The summed E-state index contributed by atoms with van der Waals surface area (Å²) in [5, 5.41) is 16.5. The molecule has 1 fully saturated rings. The van der Waals surface area contributed by atoms with Crippen LogP contribution in [-0.2, 0) is 10.0 Å². The van der Waals surface area contributed by atoms with Gasteiger partial charge in [-0.3, -0.25) is 5.10 Å². The highest BCUT2D eigenvalue weighted by molar-refractivity contribution is 7.89. The number of aliphatic hydroxyl groups is 1. The molecule has 19 heavy (non-hydrogen) atoms. The van der Waals surface area contributed by atoms with Crippen LogP contribution in [0.15, 0.2) is 17.3 Å². The Kier molecular flexibility index (Phi) is 3.72. The molecule has 7 heteroatoms. The van der Waals surface area contributed by atoms with Crippen molar-refractivity contribution in [3.05, 3.63) is 12.3 Å². The number of sulfonamides is 1. The molecule has 1 aromatic rings. The number of H-pyrrole nitrogens is 1. The average molecular weight is 287 g/mol. The van der Waals surface area contributed by atoms with Crippen molar-refractivity contribution in [2.75, 3.05) is 6.54 Å². The summed E-state index contributed by atoms with van der Waals surface area (Å²) in [7, 11) is -3.61. The van der Waals surface area contributed by atoms with Gasteiger partial charge in [-0.25, -0.2) is 13.1 Å². The van der Waals surface area contributed by atoms with E-state index in [1.807, 2.05) is 0 Å². The molecule has 0 aliphatic heterocycles. The Labute approximate surface area is 113 Å². The van der Waals surface area contributed by atoms with Crippen molar-refractivity contribution in [2.45, 2.75) is 50.2 Å². The van der Waals surface area contributed by atoms with Gasteiger partial charge in [0.25, 0.3) is 10.0 Å². The van der Waals surface area contributed by atoms with E-state index >= 15 is 0 Å². The molecule has 1 aromatic heterocycles. The average Bonchev–Trinajstić information content (AvgIpc) is 2.86. The van der Waals surface area contributed by atoms with Gasteiger partial charge in [-0.2, -0.15) is 5.10 Å². The first-order chi connectivity index (χ1) is 8.73. The van der Waals surface area contributed by atoms with E-state index in [0.717, 1.165) is 12.8 Å². The molecule has 1 heterocycles. The first-order valence-electron chi connectivity index (χ1n) is 6.44. The maximum Gasteiger partial charge on any atom is 0.257 e. The van der Waals surface area contributed by atoms with Gasteiger partial charge < -0.3 is 5.11 Å². The standard InChI is InChI=1S/C12H21N3O3S/c1-11(2)4-6-12(16,7-5-11)9-14-19(17,18)10-3-8-13-15-10/h3,8,14,16H,4-7,9H2,1-2H3,(H,13,15). The topological polar surface area (TPSA) is 95.1 Å². The molecule has 0 amide bonds. The largest absolute Gasteiger partial charge is 0.389 e. The van der Waals surface area contributed by atoms with E-state index in [-0.39, 0.29) is 17.0 Å². The van der Waals surface area contributed by atoms with Crippen LogP contribution in [0, 0.1) is 5.41 Å². The molecule has 3 N–H and O–H groups in total. The van der Waals surface area contributed by atoms with Crippen molar-refractivity contribution in [1.82, 2.24) is 14.9 Å². The highest BCUT2D eigenvalue weighted by Crippen LogP contribution is 2.39. The van der Waals surface area contributed by atoms with Gasteiger partial charge >= 0.3 is 0 Å². The molecule has 2 rings (SSSR count). The quantitative estimate of drug-likeness (QED) is 0.770. The molecule has 0 bridgehead atoms. The number of nitrogens with zero attached hydrogens (tertiary/aromatic N) is 1. The van der Waals surface area contributed by atoms with Gasteiger partial charge in [-0.05, 0) is 37.2 Å². The monoisotopic (exact) mass is 287 g/mol. The lowest BCUT2D eigenvalue weighted by Gasteiger charge is -2.40. The smallest absolute Gasteiger partial charge is 0.257 e. The molecule has 6 nitrogen and oxygen atoms in total. The Morgan fingerprint density at radius 1 is 1.37 bits per heavy atom. The Morgan fingerprint density at radius 3 is 2.53 bits per heavy atom. The van der Waals surface area contributed by atoms with Gasteiger partial charge in [-0.1, -0.05) is 13.8 Å². The molecule has 1 aliphatic rings. The molecule has 0 saturated heterocycles. The summed E-state index contributed by atoms with van der Waals surface area (Å²) in [6.45, 7) is 4.38. The molecule has 0 radical (unpaired) electrons. The maximum absolute atomic E-state index is 11.9. The summed E-state index contributed by atoms with van der Waals surface area (Å²) in [5.74, 6) is 0. The molecule has 1 saturated carbocycles. The normalized spacial score (nSPS) is 22.3. The fourth-order valence-corrected chi connectivity index (χ4v) is 3.30. The van der Waals surface area contributed by atoms with Gasteiger partial charge in [0, 0.05) is 6.54 Å². The van der Waals surface area contributed by atoms with Crippen LogP contribution in [0.1, 0.15) is 39.5 Å². The van der Waals surface area contributed by atoms with Crippen molar-refractivity contribution >= 4 is 10.0 Å². The zero-order valence-electron chi connectivity index (χ0n) is 11.3. The van der Waals surface area contributed by atoms with E-state index in [4.69, 9.17) is 0 Å². The van der Waals surface area contributed by atoms with Gasteiger partial charge in [0.15, 0.2) is 5.03 Å². The van der Waals surface area contributed by atoms with E-state index < -0.39 is 15.6 Å². The van der Waals surface area contributed by atoms with Crippen LogP contribution >= 0.6 is 0 Å². The Hall–Kier alpha value is -0.920. The minimum absolute atomic E-state index is 0.0206. The van der Waals surface area contributed by atoms with Gasteiger partial charge in [0.2, 0.25) is 0 Å². The predicted octanol–water partition coefficient (Wildman–Crippen LogP) is 1.02. The molecule has 108 valence electrons. The Bertz CT molecular complexity index is 512. The number of nitrogens with one attached hydrogen (secondary N) is 2. The fourth-order valence-electron chi connectivity index (χ4n) is 2.27. The van der Waals surface area contributed by atoms with Crippen LogP contribution in [0.2, 0.25) is 0 Å². The van der Waals surface area contributed by atoms with Crippen LogP contribution in [-0.4, -0.2) is 35.9 Å². The Balaban J connectivity index is 1.96. The third-order valence-electron chi connectivity index (χ3n) is 3.89. The van der Waals surface area contributed by atoms with Crippen molar-refractivity contribution in [2.24, 2.45) is 5.41 Å². The summed E-state index contributed by atoms with van der Waals surface area (Å²) in [4.78, 5) is 0. The van der Waals surface area contributed by atoms with E-state index in [2.05, 4.69) is 28.8 Å². The molecular formula is C12H21N3O3S. The van der Waals surface area contributed by atoms with Crippen molar-refractivity contribution in [1.29, 1.82) is 0 Å². The zero-order chi connectivity index (χ0) is 14.1. The third-order valence-corrected chi connectivity index (χ3v) is 5.22. The SMILES string of the molecule is CC1(C)CCC(O)(CNS(=O)(=O)c2ccn[nH]2)CC1. The van der Waals surface area contributed by atoms with Gasteiger partial charge in [-0.15, -0.1) is 0 Å². The minimum atomic E-state index is -3.61. The molecule has 0 atom stereocenters. The van der Waals surface area contributed by atoms with E-state index in [1.165, 1.54) is 12.3 Å². The number of aromatic nitrogens is 2. The van der Waals surface area contributed by atoms with Crippen LogP contribution in [0.5, 0.6) is 0 Å². The highest BCUT2D eigenvalue weighted by Gasteiger charge is 2.37. The fraction of sp³-hybridized carbons (Fsp3) is 0.750. The van der Waals surface area contributed by atoms with Crippen molar-refractivity contribution in [3.63, 3.8) is 0 Å². The molecule has 1 aliphatic carbocycles. The van der Waals surface area contributed by atoms with E-state index in [9.17, 15) is 13.5 Å².